The van der Waals surface area contributed by atoms with E-state index in [2.05, 4.69) is 11.9 Å². The Bertz CT molecular complexity index is 738. The molecule has 0 bridgehead atoms. The molecule has 1 aliphatic carbocycles. The Morgan fingerprint density at radius 1 is 1.38 bits per heavy atom. The maximum Gasteiger partial charge on any atom is 0.416 e. The van der Waals surface area contributed by atoms with Crippen LogP contribution < -0.4 is 4.74 Å². The summed E-state index contributed by atoms with van der Waals surface area (Å²) in [7, 11) is 1.54. The highest BCUT2D eigenvalue weighted by Gasteiger charge is 2.34. The summed E-state index contributed by atoms with van der Waals surface area (Å²) >= 11 is 6.07. The molecule has 3 rings (SSSR count). The number of halogens is 4. The molecule has 1 aromatic heterocycles. The van der Waals surface area contributed by atoms with Gasteiger partial charge in [0.05, 0.1) is 23.4 Å². The van der Waals surface area contributed by atoms with Crippen LogP contribution >= 0.6 is 11.6 Å². The van der Waals surface area contributed by atoms with E-state index >= 15 is 0 Å². The lowest BCUT2D eigenvalue weighted by Gasteiger charge is -2.17. The van der Waals surface area contributed by atoms with Gasteiger partial charge in [0.25, 0.3) is 6.01 Å². The van der Waals surface area contributed by atoms with Gasteiger partial charge in [-0.1, -0.05) is 24.6 Å². The van der Waals surface area contributed by atoms with Crippen LogP contribution in [0.5, 0.6) is 6.01 Å². The van der Waals surface area contributed by atoms with E-state index in [9.17, 15) is 13.2 Å². The summed E-state index contributed by atoms with van der Waals surface area (Å²) in [4.78, 5) is 4.41. The summed E-state index contributed by atoms with van der Waals surface area (Å²) in [5, 5.41) is 0.0246. The molecule has 0 N–H and O–H groups in total. The Balaban J connectivity index is 1.99. The molecule has 0 aliphatic heterocycles. The van der Waals surface area contributed by atoms with Crippen LogP contribution in [0.4, 0.5) is 13.2 Å². The third-order valence-electron chi connectivity index (χ3n) is 4.40. The lowest BCUT2D eigenvalue weighted by Crippen LogP contribution is -2.10. The molecule has 1 fully saturated rings. The Labute approximate surface area is 143 Å². The van der Waals surface area contributed by atoms with Gasteiger partial charge >= 0.3 is 6.18 Å². The van der Waals surface area contributed by atoms with Crippen LogP contribution in [0.3, 0.4) is 0 Å². The molecule has 1 atom stereocenters. The molecule has 0 saturated heterocycles. The lowest BCUT2D eigenvalue weighted by atomic mass is 10.1. The Kier molecular flexibility index (Phi) is 4.51. The zero-order valence-corrected chi connectivity index (χ0v) is 14.2. The second kappa shape index (κ2) is 6.31. The van der Waals surface area contributed by atoms with Crippen molar-refractivity contribution in [1.29, 1.82) is 0 Å². The van der Waals surface area contributed by atoms with Crippen molar-refractivity contribution >= 4 is 11.6 Å². The van der Waals surface area contributed by atoms with Crippen LogP contribution in [-0.2, 0) is 6.18 Å². The fourth-order valence-electron chi connectivity index (χ4n) is 3.03. The first kappa shape index (κ1) is 17.1. The minimum Gasteiger partial charge on any atom is -0.468 e. The predicted molar refractivity (Wildman–Crippen MR) is 86.3 cm³/mol. The highest BCUT2D eigenvalue weighted by molar-refractivity contribution is 6.33. The Morgan fingerprint density at radius 2 is 2.08 bits per heavy atom. The minimum absolute atomic E-state index is 0.0246. The summed E-state index contributed by atoms with van der Waals surface area (Å²) in [5.41, 5.74) is 0.212. The maximum absolute atomic E-state index is 12.8. The van der Waals surface area contributed by atoms with Crippen molar-refractivity contribution in [1.82, 2.24) is 9.55 Å². The molecule has 1 saturated carbocycles. The molecule has 1 unspecified atom stereocenters. The van der Waals surface area contributed by atoms with Gasteiger partial charge < -0.3 is 4.74 Å². The van der Waals surface area contributed by atoms with Crippen molar-refractivity contribution in [2.75, 3.05) is 7.11 Å². The zero-order valence-electron chi connectivity index (χ0n) is 13.4. The standard InChI is InChI=1S/C17H18ClF3N2O/c1-3-15(10-4-5-10)23-9-14(22-16(23)24-2)12-7-6-11(8-13(12)18)17(19,20)21/h6-10,15H,3-5H2,1-2H3. The van der Waals surface area contributed by atoms with Gasteiger partial charge in [-0.2, -0.15) is 18.2 Å². The fraction of sp³-hybridized carbons (Fsp3) is 0.471. The third kappa shape index (κ3) is 3.24. The van der Waals surface area contributed by atoms with E-state index in [0.717, 1.165) is 18.6 Å². The number of benzene rings is 1. The van der Waals surface area contributed by atoms with Crippen LogP contribution in [0.1, 0.15) is 37.8 Å². The second-order valence-electron chi connectivity index (χ2n) is 6.03. The van der Waals surface area contributed by atoms with Crippen molar-refractivity contribution in [2.24, 2.45) is 5.92 Å². The summed E-state index contributed by atoms with van der Waals surface area (Å²) in [6.45, 7) is 2.10. The van der Waals surface area contributed by atoms with E-state index in [1.807, 2.05) is 10.8 Å². The highest BCUT2D eigenvalue weighted by Crippen LogP contribution is 2.44. The molecule has 1 aromatic carbocycles. The van der Waals surface area contributed by atoms with Gasteiger partial charge in [0, 0.05) is 17.8 Å². The average molecular weight is 359 g/mol. The van der Waals surface area contributed by atoms with Crippen LogP contribution in [0, 0.1) is 5.92 Å². The van der Waals surface area contributed by atoms with Crippen molar-refractivity contribution in [3.63, 3.8) is 0 Å². The molecular weight excluding hydrogens is 341 g/mol. The van der Waals surface area contributed by atoms with E-state index in [1.54, 1.807) is 0 Å². The van der Waals surface area contributed by atoms with E-state index in [-0.39, 0.29) is 11.1 Å². The summed E-state index contributed by atoms with van der Waals surface area (Å²) < 4.78 is 45.6. The summed E-state index contributed by atoms with van der Waals surface area (Å²) in [6, 6.07) is 4.05. The molecule has 2 aromatic rings. The zero-order chi connectivity index (χ0) is 17.5. The second-order valence-corrected chi connectivity index (χ2v) is 6.43. The number of methoxy groups -OCH3 is 1. The van der Waals surface area contributed by atoms with Crippen molar-refractivity contribution in [3.05, 3.63) is 35.0 Å². The quantitative estimate of drug-likeness (QED) is 0.696. The van der Waals surface area contributed by atoms with Gasteiger partial charge in [0.2, 0.25) is 0 Å². The fourth-order valence-corrected chi connectivity index (χ4v) is 3.31. The predicted octanol–water partition coefficient (Wildman–Crippen LogP) is 5.59. The largest absolute Gasteiger partial charge is 0.468 e. The van der Waals surface area contributed by atoms with E-state index in [4.69, 9.17) is 16.3 Å². The Hall–Kier alpha value is -1.69. The van der Waals surface area contributed by atoms with Crippen molar-refractivity contribution in [2.45, 2.75) is 38.4 Å². The molecular formula is C17H18ClF3N2O. The summed E-state index contributed by atoms with van der Waals surface area (Å²) in [5.74, 6) is 0.606. The van der Waals surface area contributed by atoms with E-state index in [0.29, 0.717) is 23.2 Å². The molecule has 7 heteroatoms. The lowest BCUT2D eigenvalue weighted by molar-refractivity contribution is -0.137. The third-order valence-corrected chi connectivity index (χ3v) is 4.71. The number of ether oxygens (including phenoxy) is 1. The molecule has 1 heterocycles. The Morgan fingerprint density at radius 3 is 2.58 bits per heavy atom. The van der Waals surface area contributed by atoms with E-state index < -0.39 is 11.7 Å². The van der Waals surface area contributed by atoms with Gasteiger partial charge in [-0.15, -0.1) is 0 Å². The molecule has 24 heavy (non-hydrogen) atoms. The SMILES string of the molecule is CCC(C1CC1)n1cc(-c2ccc(C(F)(F)F)cc2Cl)nc1OC. The molecule has 0 amide bonds. The molecule has 3 nitrogen and oxygen atoms in total. The number of rotatable bonds is 5. The van der Waals surface area contributed by atoms with Crippen LogP contribution in [0.15, 0.2) is 24.4 Å². The first-order valence-corrected chi connectivity index (χ1v) is 8.23. The number of alkyl halides is 3. The van der Waals surface area contributed by atoms with Crippen LogP contribution in [-0.4, -0.2) is 16.7 Å². The highest BCUT2D eigenvalue weighted by atomic mass is 35.5. The summed E-state index contributed by atoms with van der Waals surface area (Å²) in [6.07, 6.45) is 0.697. The number of aromatic nitrogens is 2. The van der Waals surface area contributed by atoms with E-state index in [1.165, 1.54) is 26.0 Å². The number of imidazole rings is 1. The van der Waals surface area contributed by atoms with Gasteiger partial charge in [0.15, 0.2) is 0 Å². The van der Waals surface area contributed by atoms with Crippen LogP contribution in [0.2, 0.25) is 5.02 Å². The van der Waals surface area contributed by atoms with Crippen molar-refractivity contribution < 1.29 is 17.9 Å². The normalized spacial score (nSPS) is 16.2. The maximum atomic E-state index is 12.8. The van der Waals surface area contributed by atoms with Crippen molar-refractivity contribution in [3.8, 4) is 17.3 Å². The first-order chi connectivity index (χ1) is 11.3. The molecule has 0 radical (unpaired) electrons. The van der Waals surface area contributed by atoms with Gasteiger partial charge in [-0.25, -0.2) is 0 Å². The number of hydrogen-bond acceptors (Lipinski definition) is 2. The van der Waals surface area contributed by atoms with Gasteiger partial charge in [0.1, 0.15) is 0 Å². The molecule has 130 valence electrons. The first-order valence-electron chi connectivity index (χ1n) is 7.85. The monoisotopic (exact) mass is 358 g/mol. The van der Waals surface area contributed by atoms with Gasteiger partial charge in [-0.3, -0.25) is 4.57 Å². The number of hydrogen-bond donors (Lipinski definition) is 0. The van der Waals surface area contributed by atoms with Crippen LogP contribution in [0.25, 0.3) is 11.3 Å². The molecule has 0 spiro atoms. The van der Waals surface area contributed by atoms with Gasteiger partial charge in [-0.05, 0) is 37.3 Å². The number of nitrogens with zero attached hydrogens (tertiary/aromatic N) is 2. The minimum atomic E-state index is -4.42. The average Bonchev–Trinajstić information content (AvgIpc) is 3.26. The smallest absolute Gasteiger partial charge is 0.416 e. The topological polar surface area (TPSA) is 27.1 Å². The molecule has 1 aliphatic rings.